The molecule has 2 N–H and O–H groups in total. The quantitative estimate of drug-likeness (QED) is 0.546. The fourth-order valence-electron chi connectivity index (χ4n) is 2.68. The second-order valence-corrected chi connectivity index (χ2v) is 5.90. The summed E-state index contributed by atoms with van der Waals surface area (Å²) < 4.78 is 35.1. The molecule has 7 heteroatoms. The second kappa shape index (κ2) is 10.4. The zero-order valence-corrected chi connectivity index (χ0v) is 15.8. The molecule has 2 aromatic carbocycles. The minimum absolute atomic E-state index is 0.160. The minimum atomic E-state index is -2.86. The van der Waals surface area contributed by atoms with E-state index in [4.69, 9.17) is 4.74 Å². The van der Waals surface area contributed by atoms with Crippen molar-refractivity contribution in [2.75, 3.05) is 20.7 Å². The van der Waals surface area contributed by atoms with Gasteiger partial charge in [-0.15, -0.1) is 0 Å². The summed E-state index contributed by atoms with van der Waals surface area (Å²) >= 11 is 0. The lowest BCUT2D eigenvalue weighted by Crippen LogP contribution is -2.38. The number of alkyl halides is 2. The molecular weight excluding hydrogens is 352 g/mol. The van der Waals surface area contributed by atoms with Crippen molar-refractivity contribution in [1.82, 2.24) is 10.6 Å². The molecule has 0 spiro atoms. The van der Waals surface area contributed by atoms with E-state index < -0.39 is 6.61 Å². The maximum absolute atomic E-state index is 12.6. The fourth-order valence-corrected chi connectivity index (χ4v) is 2.68. The molecule has 146 valence electrons. The summed E-state index contributed by atoms with van der Waals surface area (Å²) in [6, 6.07) is 12.9. The average molecular weight is 377 g/mol. The Hall–Kier alpha value is -2.83. The summed E-state index contributed by atoms with van der Waals surface area (Å²) in [6.07, 6.45) is 0.759. The molecule has 0 radical (unpaired) electrons. The van der Waals surface area contributed by atoms with Crippen molar-refractivity contribution in [3.8, 4) is 11.5 Å². The van der Waals surface area contributed by atoms with E-state index in [2.05, 4.69) is 20.4 Å². The average Bonchev–Trinajstić information content (AvgIpc) is 2.66. The first-order valence-electron chi connectivity index (χ1n) is 8.64. The van der Waals surface area contributed by atoms with E-state index in [1.54, 1.807) is 26.3 Å². The van der Waals surface area contributed by atoms with Gasteiger partial charge in [-0.25, -0.2) is 0 Å². The van der Waals surface area contributed by atoms with Gasteiger partial charge in [0.25, 0.3) is 0 Å². The van der Waals surface area contributed by atoms with Crippen LogP contribution >= 0.6 is 0 Å². The normalized spacial score (nSPS) is 11.4. The van der Waals surface area contributed by atoms with Crippen LogP contribution in [0.5, 0.6) is 11.5 Å². The number of benzene rings is 2. The number of para-hydroxylation sites is 1. The Labute approximate surface area is 158 Å². The highest BCUT2D eigenvalue weighted by molar-refractivity contribution is 5.79. The summed E-state index contributed by atoms with van der Waals surface area (Å²) in [4.78, 5) is 4.16. The lowest BCUT2D eigenvalue weighted by Gasteiger charge is -2.15. The van der Waals surface area contributed by atoms with Crippen LogP contribution in [-0.4, -0.2) is 33.3 Å². The SMILES string of the molecule is CN=C(NCCc1ccccc1OC)NCc1cc(C)ccc1OC(F)F. The van der Waals surface area contributed by atoms with Crippen molar-refractivity contribution in [3.63, 3.8) is 0 Å². The Morgan fingerprint density at radius 2 is 1.85 bits per heavy atom. The zero-order valence-electron chi connectivity index (χ0n) is 15.8. The third-order valence-electron chi connectivity index (χ3n) is 3.98. The number of guanidine groups is 1. The third-order valence-corrected chi connectivity index (χ3v) is 3.98. The smallest absolute Gasteiger partial charge is 0.387 e. The molecule has 0 amide bonds. The van der Waals surface area contributed by atoms with E-state index in [0.29, 0.717) is 24.6 Å². The number of nitrogens with zero attached hydrogens (tertiary/aromatic N) is 1. The molecule has 0 saturated carbocycles. The van der Waals surface area contributed by atoms with Gasteiger partial charge in [0, 0.05) is 25.7 Å². The van der Waals surface area contributed by atoms with Gasteiger partial charge in [0.1, 0.15) is 11.5 Å². The van der Waals surface area contributed by atoms with Gasteiger partial charge in [-0.05, 0) is 31.0 Å². The summed E-state index contributed by atoms with van der Waals surface area (Å²) in [7, 11) is 3.30. The number of halogens is 2. The van der Waals surface area contributed by atoms with Gasteiger partial charge in [-0.1, -0.05) is 35.9 Å². The van der Waals surface area contributed by atoms with Gasteiger partial charge in [0.15, 0.2) is 5.96 Å². The molecule has 0 aromatic heterocycles. The van der Waals surface area contributed by atoms with Crippen LogP contribution in [0, 0.1) is 6.92 Å². The highest BCUT2D eigenvalue weighted by Gasteiger charge is 2.10. The molecule has 0 unspecified atom stereocenters. The monoisotopic (exact) mass is 377 g/mol. The van der Waals surface area contributed by atoms with Gasteiger partial charge >= 0.3 is 6.61 Å². The van der Waals surface area contributed by atoms with Crippen molar-refractivity contribution < 1.29 is 18.3 Å². The number of methoxy groups -OCH3 is 1. The van der Waals surface area contributed by atoms with Crippen molar-refractivity contribution in [2.24, 2.45) is 4.99 Å². The van der Waals surface area contributed by atoms with Gasteiger partial charge in [-0.3, -0.25) is 4.99 Å². The van der Waals surface area contributed by atoms with Gasteiger partial charge < -0.3 is 20.1 Å². The largest absolute Gasteiger partial charge is 0.496 e. The van der Waals surface area contributed by atoms with Gasteiger partial charge in [-0.2, -0.15) is 8.78 Å². The van der Waals surface area contributed by atoms with Crippen molar-refractivity contribution in [3.05, 3.63) is 59.2 Å². The van der Waals surface area contributed by atoms with E-state index in [1.165, 1.54) is 0 Å². The van der Waals surface area contributed by atoms with E-state index in [1.807, 2.05) is 37.3 Å². The Balaban J connectivity index is 1.91. The topological polar surface area (TPSA) is 54.9 Å². The summed E-state index contributed by atoms with van der Waals surface area (Å²) in [5.41, 5.74) is 2.70. The lowest BCUT2D eigenvalue weighted by atomic mass is 10.1. The maximum Gasteiger partial charge on any atom is 0.387 e. The molecule has 0 aliphatic heterocycles. The molecule has 5 nitrogen and oxygen atoms in total. The van der Waals surface area contributed by atoms with Gasteiger partial charge in [0.05, 0.1) is 7.11 Å². The molecule has 0 fully saturated rings. The Bertz CT molecular complexity index is 767. The zero-order chi connectivity index (χ0) is 19.6. The van der Waals surface area contributed by atoms with Crippen LogP contribution in [0.1, 0.15) is 16.7 Å². The van der Waals surface area contributed by atoms with Crippen LogP contribution in [0.15, 0.2) is 47.5 Å². The molecule has 27 heavy (non-hydrogen) atoms. The fraction of sp³-hybridized carbons (Fsp3) is 0.350. The summed E-state index contributed by atoms with van der Waals surface area (Å²) in [5.74, 6) is 1.58. The molecular formula is C20H25F2N3O2. The van der Waals surface area contributed by atoms with Gasteiger partial charge in [0.2, 0.25) is 0 Å². The van der Waals surface area contributed by atoms with E-state index >= 15 is 0 Å². The van der Waals surface area contributed by atoms with Crippen LogP contribution in [-0.2, 0) is 13.0 Å². The Morgan fingerprint density at radius 1 is 1.07 bits per heavy atom. The lowest BCUT2D eigenvalue weighted by molar-refractivity contribution is -0.0504. The standard InChI is InChI=1S/C20H25F2N3O2/c1-14-8-9-18(27-19(21)22)16(12-14)13-25-20(23-2)24-11-10-15-6-4-5-7-17(15)26-3/h4-9,12,19H,10-11,13H2,1-3H3,(H2,23,24,25). The number of ether oxygens (including phenoxy) is 2. The molecule has 0 saturated heterocycles. The summed E-state index contributed by atoms with van der Waals surface area (Å²) in [6.45, 7) is 0.00667. The van der Waals surface area contributed by atoms with Crippen LogP contribution in [0.4, 0.5) is 8.78 Å². The maximum atomic E-state index is 12.6. The first-order valence-corrected chi connectivity index (χ1v) is 8.64. The third kappa shape index (κ3) is 6.44. The van der Waals surface area contributed by atoms with Crippen molar-refractivity contribution in [2.45, 2.75) is 26.5 Å². The van der Waals surface area contributed by atoms with Crippen LogP contribution in [0.25, 0.3) is 0 Å². The number of rotatable bonds is 8. The molecule has 0 atom stereocenters. The summed E-state index contributed by atoms with van der Waals surface area (Å²) in [5, 5.41) is 6.33. The first kappa shape index (κ1) is 20.5. The second-order valence-electron chi connectivity index (χ2n) is 5.90. The van der Waals surface area contributed by atoms with E-state index in [-0.39, 0.29) is 5.75 Å². The Kier molecular flexibility index (Phi) is 7.85. The minimum Gasteiger partial charge on any atom is -0.496 e. The number of hydrogen-bond acceptors (Lipinski definition) is 3. The highest BCUT2D eigenvalue weighted by Crippen LogP contribution is 2.22. The molecule has 0 aliphatic carbocycles. The highest BCUT2D eigenvalue weighted by atomic mass is 19.3. The predicted octanol–water partition coefficient (Wildman–Crippen LogP) is 3.51. The molecule has 2 aromatic rings. The van der Waals surface area contributed by atoms with E-state index in [0.717, 1.165) is 23.3 Å². The Morgan fingerprint density at radius 3 is 2.56 bits per heavy atom. The number of aliphatic imine (C=N–C) groups is 1. The van der Waals surface area contributed by atoms with Crippen LogP contribution in [0.2, 0.25) is 0 Å². The van der Waals surface area contributed by atoms with Crippen LogP contribution < -0.4 is 20.1 Å². The molecule has 0 heterocycles. The molecule has 2 rings (SSSR count). The van der Waals surface area contributed by atoms with E-state index in [9.17, 15) is 8.78 Å². The molecule has 0 aliphatic rings. The molecule has 0 bridgehead atoms. The van der Waals surface area contributed by atoms with Crippen molar-refractivity contribution in [1.29, 1.82) is 0 Å². The predicted molar refractivity (Wildman–Crippen MR) is 103 cm³/mol. The van der Waals surface area contributed by atoms with Crippen molar-refractivity contribution >= 4 is 5.96 Å². The number of aryl methyl sites for hydroxylation is 1. The number of hydrogen-bond donors (Lipinski definition) is 2. The van der Waals surface area contributed by atoms with Crippen LogP contribution in [0.3, 0.4) is 0 Å². The first-order chi connectivity index (χ1) is 13.0. The number of nitrogens with one attached hydrogen (secondary N) is 2.